The number of hydrogen-bond acceptors (Lipinski definition) is 4. The third-order valence-corrected chi connectivity index (χ3v) is 4.23. The number of likely N-dealkylation sites (tertiary alicyclic amines) is 1. The second-order valence-electron chi connectivity index (χ2n) is 5.41. The number of anilines is 2. The van der Waals surface area contributed by atoms with Crippen LogP contribution in [0.5, 0.6) is 0 Å². The van der Waals surface area contributed by atoms with E-state index in [-0.39, 0.29) is 0 Å². The molecule has 1 aliphatic heterocycles. The van der Waals surface area contributed by atoms with Crippen LogP contribution in [0.3, 0.4) is 0 Å². The van der Waals surface area contributed by atoms with Gasteiger partial charge in [0.05, 0.1) is 16.3 Å². The van der Waals surface area contributed by atoms with E-state index in [1.165, 1.54) is 0 Å². The highest BCUT2D eigenvalue weighted by atomic mass is 35.5. The summed E-state index contributed by atoms with van der Waals surface area (Å²) in [5.74, 6) is -0.506. The summed E-state index contributed by atoms with van der Waals surface area (Å²) in [5, 5.41) is 0.472. The summed E-state index contributed by atoms with van der Waals surface area (Å²) in [7, 11) is 4.07. The van der Waals surface area contributed by atoms with Gasteiger partial charge < -0.3 is 21.3 Å². The highest BCUT2D eigenvalue weighted by Gasteiger charge is 2.25. The summed E-state index contributed by atoms with van der Waals surface area (Å²) >= 11 is 6.28. The maximum absolute atomic E-state index is 11.6. The van der Waals surface area contributed by atoms with Crippen molar-refractivity contribution >= 4 is 28.9 Å². The molecule has 0 aromatic heterocycles. The first-order valence-corrected chi connectivity index (χ1v) is 7.08. The molecule has 5 nitrogen and oxygen atoms in total. The molecular weight excluding hydrogens is 276 g/mol. The van der Waals surface area contributed by atoms with Crippen molar-refractivity contribution in [2.45, 2.75) is 18.9 Å². The van der Waals surface area contributed by atoms with E-state index in [2.05, 4.69) is 16.8 Å². The topological polar surface area (TPSA) is 75.6 Å². The van der Waals surface area contributed by atoms with Gasteiger partial charge in [-0.15, -0.1) is 0 Å². The Bertz CT molecular complexity index is 512. The summed E-state index contributed by atoms with van der Waals surface area (Å²) in [5.41, 5.74) is 12.7. The van der Waals surface area contributed by atoms with Gasteiger partial charge in [-0.1, -0.05) is 11.6 Å². The van der Waals surface area contributed by atoms with Crippen LogP contribution in [0, 0.1) is 0 Å². The fourth-order valence-corrected chi connectivity index (χ4v) is 3.09. The standard InChI is InChI=1S/C14H21ClN4O/c1-18-5-3-10(4-6-18)19(2)13-11(14(17)20)7-9(16)8-12(13)15/h7-8,10H,3-6,16H2,1-2H3,(H2,17,20). The molecule has 1 aliphatic rings. The normalized spacial score (nSPS) is 17.1. The quantitative estimate of drug-likeness (QED) is 0.830. The molecule has 0 bridgehead atoms. The van der Waals surface area contributed by atoms with Crippen LogP contribution in [0.1, 0.15) is 23.2 Å². The number of amides is 1. The molecular formula is C14H21ClN4O. The first-order chi connectivity index (χ1) is 9.40. The van der Waals surface area contributed by atoms with Gasteiger partial charge in [-0.2, -0.15) is 0 Å². The molecule has 0 aliphatic carbocycles. The van der Waals surface area contributed by atoms with Crippen LogP contribution < -0.4 is 16.4 Å². The number of carbonyl (C=O) groups excluding carboxylic acids is 1. The summed E-state index contributed by atoms with van der Waals surface area (Å²) in [6, 6.07) is 3.61. The van der Waals surface area contributed by atoms with E-state index in [0.717, 1.165) is 25.9 Å². The Morgan fingerprint density at radius 1 is 1.40 bits per heavy atom. The third-order valence-electron chi connectivity index (χ3n) is 3.94. The SMILES string of the molecule is CN1CCC(N(C)c2c(Cl)cc(N)cc2C(N)=O)CC1. The minimum absolute atomic E-state index is 0.352. The number of halogens is 1. The van der Waals surface area contributed by atoms with E-state index in [4.69, 9.17) is 23.1 Å². The largest absolute Gasteiger partial charge is 0.399 e. The molecule has 110 valence electrons. The average Bonchev–Trinajstić information content (AvgIpc) is 2.37. The van der Waals surface area contributed by atoms with E-state index in [1.807, 2.05) is 7.05 Å². The molecule has 0 atom stereocenters. The molecule has 4 N–H and O–H groups in total. The van der Waals surface area contributed by atoms with E-state index < -0.39 is 5.91 Å². The number of primary amides is 1. The number of benzene rings is 1. The summed E-state index contributed by atoms with van der Waals surface area (Å²) in [6.45, 7) is 2.07. The molecule has 2 rings (SSSR count). The maximum Gasteiger partial charge on any atom is 0.250 e. The van der Waals surface area contributed by atoms with Crippen LogP contribution in [-0.2, 0) is 0 Å². The minimum atomic E-state index is -0.506. The number of hydrogen-bond donors (Lipinski definition) is 2. The molecule has 1 aromatic rings. The lowest BCUT2D eigenvalue weighted by Crippen LogP contribution is -2.42. The molecule has 1 amide bonds. The minimum Gasteiger partial charge on any atom is -0.399 e. The van der Waals surface area contributed by atoms with Crippen molar-refractivity contribution in [2.75, 3.05) is 37.8 Å². The molecule has 20 heavy (non-hydrogen) atoms. The van der Waals surface area contributed by atoms with Gasteiger partial charge in [0.15, 0.2) is 0 Å². The van der Waals surface area contributed by atoms with Gasteiger partial charge in [0.25, 0.3) is 5.91 Å². The summed E-state index contributed by atoms with van der Waals surface area (Å²) in [6.07, 6.45) is 2.07. The lowest BCUT2D eigenvalue weighted by atomic mass is 10.0. The molecule has 0 radical (unpaired) electrons. The lowest BCUT2D eigenvalue weighted by molar-refractivity contribution is 0.100. The van der Waals surface area contributed by atoms with Crippen molar-refractivity contribution in [3.8, 4) is 0 Å². The van der Waals surface area contributed by atoms with Gasteiger partial charge in [0, 0.05) is 18.8 Å². The Balaban J connectivity index is 2.33. The number of rotatable bonds is 3. The van der Waals surface area contributed by atoms with Crippen molar-refractivity contribution in [1.82, 2.24) is 4.90 Å². The van der Waals surface area contributed by atoms with Crippen molar-refractivity contribution < 1.29 is 4.79 Å². The van der Waals surface area contributed by atoms with Gasteiger partial charge >= 0.3 is 0 Å². The van der Waals surface area contributed by atoms with Gasteiger partial charge in [0.2, 0.25) is 0 Å². The Hall–Kier alpha value is -1.46. The first kappa shape index (κ1) is 14.9. The van der Waals surface area contributed by atoms with Gasteiger partial charge in [-0.25, -0.2) is 0 Å². The molecule has 6 heteroatoms. The van der Waals surface area contributed by atoms with Gasteiger partial charge in [0.1, 0.15) is 0 Å². The zero-order chi connectivity index (χ0) is 14.9. The molecule has 1 fully saturated rings. The second kappa shape index (κ2) is 5.89. The first-order valence-electron chi connectivity index (χ1n) is 6.70. The van der Waals surface area contributed by atoms with Crippen LogP contribution >= 0.6 is 11.6 Å². The van der Waals surface area contributed by atoms with E-state index >= 15 is 0 Å². The predicted octanol–water partition coefficient (Wildman–Crippen LogP) is 1.55. The molecule has 1 saturated heterocycles. The molecule has 1 aromatic carbocycles. The van der Waals surface area contributed by atoms with Crippen LogP contribution in [-0.4, -0.2) is 44.0 Å². The second-order valence-corrected chi connectivity index (χ2v) is 5.82. The smallest absolute Gasteiger partial charge is 0.250 e. The third kappa shape index (κ3) is 2.99. The summed E-state index contributed by atoms with van der Waals surface area (Å²) in [4.78, 5) is 16.0. The molecule has 0 spiro atoms. The van der Waals surface area contributed by atoms with Crippen LogP contribution in [0.25, 0.3) is 0 Å². The zero-order valence-corrected chi connectivity index (χ0v) is 12.7. The van der Waals surface area contributed by atoms with Crippen molar-refractivity contribution in [3.05, 3.63) is 22.7 Å². The zero-order valence-electron chi connectivity index (χ0n) is 11.9. The van der Waals surface area contributed by atoms with E-state index in [0.29, 0.717) is 28.0 Å². The Morgan fingerprint density at radius 2 is 2.00 bits per heavy atom. The van der Waals surface area contributed by atoms with Crippen LogP contribution in [0.4, 0.5) is 11.4 Å². The highest BCUT2D eigenvalue weighted by Crippen LogP contribution is 2.34. The number of nitrogens with zero attached hydrogens (tertiary/aromatic N) is 2. The Kier molecular flexibility index (Phi) is 4.40. The van der Waals surface area contributed by atoms with Gasteiger partial charge in [-0.05, 0) is 45.1 Å². The van der Waals surface area contributed by atoms with Crippen LogP contribution in [0.2, 0.25) is 5.02 Å². The number of nitrogens with two attached hydrogens (primary N) is 2. The Labute approximate surface area is 124 Å². The predicted molar refractivity (Wildman–Crippen MR) is 83.3 cm³/mol. The number of piperidine rings is 1. The highest BCUT2D eigenvalue weighted by molar-refractivity contribution is 6.34. The van der Waals surface area contributed by atoms with E-state index in [1.54, 1.807) is 12.1 Å². The summed E-state index contributed by atoms with van der Waals surface area (Å²) < 4.78 is 0. The van der Waals surface area contributed by atoms with E-state index in [9.17, 15) is 4.79 Å². The van der Waals surface area contributed by atoms with Crippen molar-refractivity contribution in [2.24, 2.45) is 5.73 Å². The molecule has 1 heterocycles. The fourth-order valence-electron chi connectivity index (χ4n) is 2.73. The fraction of sp³-hybridized carbons (Fsp3) is 0.500. The molecule has 0 saturated carbocycles. The maximum atomic E-state index is 11.6. The average molecular weight is 297 g/mol. The number of nitrogen functional groups attached to an aromatic ring is 1. The monoisotopic (exact) mass is 296 g/mol. The number of carbonyl (C=O) groups is 1. The van der Waals surface area contributed by atoms with Crippen molar-refractivity contribution in [1.29, 1.82) is 0 Å². The van der Waals surface area contributed by atoms with Crippen molar-refractivity contribution in [3.63, 3.8) is 0 Å². The van der Waals surface area contributed by atoms with Crippen LogP contribution in [0.15, 0.2) is 12.1 Å². The lowest BCUT2D eigenvalue weighted by Gasteiger charge is -2.37. The van der Waals surface area contributed by atoms with Gasteiger partial charge in [-0.3, -0.25) is 4.79 Å². The molecule has 0 unspecified atom stereocenters. The Morgan fingerprint density at radius 3 is 2.55 bits per heavy atom.